The number of rotatable bonds is 5. The average Bonchev–Trinajstić information content (AvgIpc) is 2.93. The number of halogens is 1. The Labute approximate surface area is 154 Å². The predicted octanol–water partition coefficient (Wildman–Crippen LogP) is 3.72. The molecule has 132 valence electrons. The summed E-state index contributed by atoms with van der Waals surface area (Å²) in [7, 11) is 0. The van der Waals surface area contributed by atoms with Gasteiger partial charge in [-0.15, -0.1) is 0 Å². The summed E-state index contributed by atoms with van der Waals surface area (Å²) >= 11 is 6.12. The zero-order valence-electron chi connectivity index (χ0n) is 13.7. The Balaban J connectivity index is 1.95. The lowest BCUT2D eigenvalue weighted by molar-refractivity contribution is -0.384. The highest BCUT2D eigenvalue weighted by Crippen LogP contribution is 2.28. The molecule has 0 aromatic heterocycles. The van der Waals surface area contributed by atoms with Crippen LogP contribution in [0.5, 0.6) is 5.75 Å². The van der Waals surface area contributed by atoms with Gasteiger partial charge in [0.25, 0.3) is 11.6 Å². The van der Waals surface area contributed by atoms with Gasteiger partial charge in [0.1, 0.15) is 12.4 Å². The molecule has 0 aliphatic carbocycles. The van der Waals surface area contributed by atoms with E-state index >= 15 is 0 Å². The van der Waals surface area contributed by atoms with E-state index in [4.69, 9.17) is 16.3 Å². The van der Waals surface area contributed by atoms with Crippen LogP contribution in [0.25, 0.3) is 6.08 Å². The van der Waals surface area contributed by atoms with E-state index < -0.39 is 4.92 Å². The third-order valence-corrected chi connectivity index (χ3v) is 4.17. The van der Waals surface area contributed by atoms with Crippen LogP contribution in [0.1, 0.15) is 18.1 Å². The summed E-state index contributed by atoms with van der Waals surface area (Å²) in [6.07, 6.45) is 1.52. The number of nitrogens with one attached hydrogen (secondary N) is 1. The number of hydrogen-bond acceptors (Lipinski definition) is 5. The molecule has 1 N–H and O–H groups in total. The van der Waals surface area contributed by atoms with Crippen molar-refractivity contribution < 1.29 is 14.5 Å². The average molecular weight is 372 g/mol. The second kappa shape index (κ2) is 7.37. The molecule has 26 heavy (non-hydrogen) atoms. The summed E-state index contributed by atoms with van der Waals surface area (Å²) in [6.45, 7) is 1.86. The minimum Gasteiger partial charge on any atom is -0.488 e. The van der Waals surface area contributed by atoms with Gasteiger partial charge in [0.15, 0.2) is 0 Å². The molecule has 0 atom stereocenters. The van der Waals surface area contributed by atoms with Gasteiger partial charge < -0.3 is 4.74 Å². The highest BCUT2D eigenvalue weighted by molar-refractivity contribution is 6.31. The molecule has 0 fully saturated rings. The van der Waals surface area contributed by atoms with Crippen LogP contribution in [0.15, 0.2) is 53.1 Å². The number of nitro groups is 1. The predicted molar refractivity (Wildman–Crippen MR) is 98.1 cm³/mol. The maximum Gasteiger partial charge on any atom is 0.273 e. The van der Waals surface area contributed by atoms with Crippen molar-refractivity contribution in [2.24, 2.45) is 5.10 Å². The smallest absolute Gasteiger partial charge is 0.273 e. The van der Waals surface area contributed by atoms with Crippen molar-refractivity contribution in [3.8, 4) is 5.75 Å². The van der Waals surface area contributed by atoms with Crippen molar-refractivity contribution in [3.63, 3.8) is 0 Å². The Morgan fingerprint density at radius 2 is 2.08 bits per heavy atom. The van der Waals surface area contributed by atoms with E-state index in [0.717, 1.165) is 5.56 Å². The fourth-order valence-electron chi connectivity index (χ4n) is 2.41. The monoisotopic (exact) mass is 371 g/mol. The molecule has 1 heterocycles. The molecule has 2 aromatic carbocycles. The molecular formula is C18H14ClN3O4. The van der Waals surface area contributed by atoms with Gasteiger partial charge in [-0.05, 0) is 25.1 Å². The number of amides is 1. The van der Waals surface area contributed by atoms with E-state index in [0.29, 0.717) is 27.6 Å². The maximum atomic E-state index is 11.9. The van der Waals surface area contributed by atoms with E-state index in [9.17, 15) is 14.9 Å². The van der Waals surface area contributed by atoms with Crippen molar-refractivity contribution in [1.29, 1.82) is 0 Å². The van der Waals surface area contributed by atoms with Gasteiger partial charge in [-0.1, -0.05) is 29.8 Å². The molecule has 0 saturated heterocycles. The van der Waals surface area contributed by atoms with Crippen molar-refractivity contribution in [2.75, 3.05) is 0 Å². The second-order valence-corrected chi connectivity index (χ2v) is 5.96. The number of nitrogens with zero attached hydrogens (tertiary/aromatic N) is 2. The Morgan fingerprint density at radius 3 is 2.73 bits per heavy atom. The standard InChI is InChI=1S/C18H14ClN3O4/c1-11-15(18(23)21-20-11)9-13-8-14(22(24)25)6-7-17(13)26-10-12-4-2-3-5-16(12)19/h2-9H,10H2,1H3,(H,21,23). The van der Waals surface area contributed by atoms with Crippen LogP contribution in [0.2, 0.25) is 5.02 Å². The molecule has 0 unspecified atom stereocenters. The molecule has 7 nitrogen and oxygen atoms in total. The first-order valence-corrected chi connectivity index (χ1v) is 8.05. The molecule has 0 bridgehead atoms. The van der Waals surface area contributed by atoms with E-state index in [1.807, 2.05) is 18.2 Å². The Bertz CT molecular complexity index is 953. The van der Waals surface area contributed by atoms with E-state index in [1.165, 1.54) is 24.3 Å². The largest absolute Gasteiger partial charge is 0.488 e. The van der Waals surface area contributed by atoms with Crippen molar-refractivity contribution in [3.05, 3.63) is 74.3 Å². The van der Waals surface area contributed by atoms with Crippen molar-refractivity contribution >= 4 is 35.0 Å². The quantitative estimate of drug-likeness (QED) is 0.492. The van der Waals surface area contributed by atoms with Gasteiger partial charge in [-0.3, -0.25) is 14.9 Å². The van der Waals surface area contributed by atoms with Gasteiger partial charge in [-0.2, -0.15) is 5.10 Å². The summed E-state index contributed by atoms with van der Waals surface area (Å²) < 4.78 is 5.80. The number of non-ortho nitro benzene ring substituents is 1. The lowest BCUT2D eigenvalue weighted by Gasteiger charge is -2.11. The SMILES string of the molecule is CC1=NNC(=O)C1=Cc1cc([N+](=O)[O-])ccc1OCc1ccccc1Cl. The fraction of sp³-hybridized carbons (Fsp3) is 0.111. The van der Waals surface area contributed by atoms with Gasteiger partial charge in [0.05, 0.1) is 16.2 Å². The number of carbonyl (C=O) groups excluding carboxylic acids is 1. The van der Waals surface area contributed by atoms with Crippen LogP contribution < -0.4 is 10.2 Å². The minimum absolute atomic E-state index is 0.102. The van der Waals surface area contributed by atoms with E-state index in [1.54, 1.807) is 13.0 Å². The second-order valence-electron chi connectivity index (χ2n) is 5.56. The van der Waals surface area contributed by atoms with Gasteiger partial charge in [0, 0.05) is 28.3 Å². The van der Waals surface area contributed by atoms with Crippen LogP contribution in [0.3, 0.4) is 0 Å². The normalized spacial score (nSPS) is 14.9. The molecule has 0 radical (unpaired) electrons. The zero-order valence-corrected chi connectivity index (χ0v) is 14.5. The molecule has 1 aliphatic heterocycles. The fourth-order valence-corrected chi connectivity index (χ4v) is 2.60. The number of ether oxygens (including phenoxy) is 1. The van der Waals surface area contributed by atoms with Crippen LogP contribution in [0, 0.1) is 10.1 Å². The maximum absolute atomic E-state index is 11.9. The molecule has 1 amide bonds. The summed E-state index contributed by atoms with van der Waals surface area (Å²) in [5.74, 6) is 0.0292. The zero-order chi connectivity index (χ0) is 18.7. The summed E-state index contributed by atoms with van der Waals surface area (Å²) in [6, 6.07) is 11.4. The van der Waals surface area contributed by atoms with Crippen LogP contribution in [-0.4, -0.2) is 16.5 Å². The Kier molecular flexibility index (Phi) is 4.99. The highest BCUT2D eigenvalue weighted by Gasteiger charge is 2.20. The first-order chi connectivity index (χ1) is 12.5. The lowest BCUT2D eigenvalue weighted by atomic mass is 10.1. The molecule has 0 spiro atoms. The highest BCUT2D eigenvalue weighted by atomic mass is 35.5. The van der Waals surface area contributed by atoms with Gasteiger partial charge in [-0.25, -0.2) is 5.43 Å². The number of benzene rings is 2. The number of hydrogen-bond donors (Lipinski definition) is 1. The topological polar surface area (TPSA) is 93.8 Å². The summed E-state index contributed by atoms with van der Waals surface area (Å²) in [5.41, 5.74) is 4.26. The van der Waals surface area contributed by atoms with Crippen molar-refractivity contribution in [1.82, 2.24) is 5.43 Å². The molecule has 0 saturated carbocycles. The Morgan fingerprint density at radius 1 is 1.31 bits per heavy atom. The lowest BCUT2D eigenvalue weighted by Crippen LogP contribution is -2.12. The first-order valence-electron chi connectivity index (χ1n) is 7.67. The van der Waals surface area contributed by atoms with Crippen LogP contribution in [-0.2, 0) is 11.4 Å². The van der Waals surface area contributed by atoms with Crippen LogP contribution >= 0.6 is 11.6 Å². The van der Waals surface area contributed by atoms with Crippen LogP contribution in [0.4, 0.5) is 5.69 Å². The third kappa shape index (κ3) is 3.73. The van der Waals surface area contributed by atoms with Gasteiger partial charge in [0.2, 0.25) is 0 Å². The molecule has 8 heteroatoms. The minimum atomic E-state index is -0.504. The molecule has 3 rings (SSSR count). The number of hydrazone groups is 1. The first kappa shape index (κ1) is 17.6. The Hall–Kier alpha value is -3.19. The number of nitro benzene ring substituents is 1. The molecule has 2 aromatic rings. The molecular weight excluding hydrogens is 358 g/mol. The van der Waals surface area contributed by atoms with Crippen molar-refractivity contribution in [2.45, 2.75) is 13.5 Å². The summed E-state index contributed by atoms with van der Waals surface area (Å²) in [4.78, 5) is 22.4. The van der Waals surface area contributed by atoms with E-state index in [2.05, 4.69) is 10.5 Å². The van der Waals surface area contributed by atoms with Gasteiger partial charge >= 0.3 is 0 Å². The third-order valence-electron chi connectivity index (χ3n) is 3.80. The molecule has 1 aliphatic rings. The number of carbonyl (C=O) groups is 1. The summed E-state index contributed by atoms with van der Waals surface area (Å²) in [5, 5.41) is 15.5. The van der Waals surface area contributed by atoms with E-state index in [-0.39, 0.29) is 18.2 Å².